The number of nitrogens with zero attached hydrogens (tertiary/aromatic N) is 5. The SMILES string of the molecule is COc1cccc(CN=C(N)N2CCN(c3nccs3)CC2)n1.I. The zero-order valence-electron chi connectivity index (χ0n) is 13.5. The van der Waals surface area contributed by atoms with Crippen molar-refractivity contribution in [3.8, 4) is 5.88 Å². The zero-order chi connectivity index (χ0) is 16.1. The predicted molar refractivity (Wildman–Crippen MR) is 107 cm³/mol. The first kappa shape index (κ1) is 18.7. The van der Waals surface area contributed by atoms with Crippen LogP contribution < -0.4 is 15.4 Å². The fourth-order valence-corrected chi connectivity index (χ4v) is 3.12. The second kappa shape index (κ2) is 9.02. The average molecular weight is 460 g/mol. The first-order valence-corrected chi connectivity index (χ1v) is 8.33. The third-order valence-corrected chi connectivity index (χ3v) is 4.52. The Morgan fingerprint density at radius 2 is 2.12 bits per heavy atom. The summed E-state index contributed by atoms with van der Waals surface area (Å²) in [6.45, 7) is 3.96. The Kier molecular flexibility index (Phi) is 7.03. The van der Waals surface area contributed by atoms with Crippen LogP contribution in [0.15, 0.2) is 34.8 Å². The number of aromatic nitrogens is 2. The summed E-state index contributed by atoms with van der Waals surface area (Å²) in [4.78, 5) is 17.5. The van der Waals surface area contributed by atoms with Crippen molar-refractivity contribution in [3.05, 3.63) is 35.5 Å². The van der Waals surface area contributed by atoms with Crippen molar-refractivity contribution in [2.75, 3.05) is 38.2 Å². The largest absolute Gasteiger partial charge is 0.481 e. The number of anilines is 1. The second-order valence-electron chi connectivity index (χ2n) is 5.13. The lowest BCUT2D eigenvalue weighted by Crippen LogP contribution is -2.51. The van der Waals surface area contributed by atoms with Crippen molar-refractivity contribution >= 4 is 46.4 Å². The van der Waals surface area contributed by atoms with Gasteiger partial charge in [-0.15, -0.1) is 35.3 Å². The second-order valence-corrected chi connectivity index (χ2v) is 6.01. The van der Waals surface area contributed by atoms with Gasteiger partial charge in [0.15, 0.2) is 11.1 Å². The molecular weight excluding hydrogens is 439 g/mol. The number of hydrogen-bond donors (Lipinski definition) is 1. The Labute approximate surface area is 162 Å². The molecule has 0 spiro atoms. The van der Waals surface area contributed by atoms with E-state index in [0.717, 1.165) is 37.0 Å². The molecule has 2 aromatic heterocycles. The van der Waals surface area contributed by atoms with E-state index < -0.39 is 0 Å². The Bertz CT molecular complexity index is 658. The number of hydrogen-bond acceptors (Lipinski definition) is 6. The van der Waals surface area contributed by atoms with Gasteiger partial charge in [-0.25, -0.2) is 15.0 Å². The molecule has 0 radical (unpaired) electrons. The van der Waals surface area contributed by atoms with Crippen LogP contribution in [0.25, 0.3) is 0 Å². The number of guanidine groups is 1. The fraction of sp³-hybridized carbons (Fsp3) is 0.400. The Morgan fingerprint density at radius 3 is 2.79 bits per heavy atom. The number of rotatable bonds is 4. The minimum Gasteiger partial charge on any atom is -0.481 e. The maximum Gasteiger partial charge on any atom is 0.213 e. The van der Waals surface area contributed by atoms with E-state index in [9.17, 15) is 0 Å². The Balaban J connectivity index is 0.00000208. The van der Waals surface area contributed by atoms with Gasteiger partial charge in [0.25, 0.3) is 0 Å². The average Bonchev–Trinajstić information content (AvgIpc) is 3.14. The molecule has 1 fully saturated rings. The van der Waals surface area contributed by atoms with Gasteiger partial charge in [-0.05, 0) is 6.07 Å². The van der Waals surface area contributed by atoms with E-state index in [1.165, 1.54) is 0 Å². The van der Waals surface area contributed by atoms with Gasteiger partial charge in [0.2, 0.25) is 5.88 Å². The van der Waals surface area contributed by atoms with Crippen molar-refractivity contribution < 1.29 is 4.74 Å². The first-order chi connectivity index (χ1) is 11.3. The lowest BCUT2D eigenvalue weighted by Gasteiger charge is -2.35. The van der Waals surface area contributed by atoms with Gasteiger partial charge >= 0.3 is 0 Å². The summed E-state index contributed by atoms with van der Waals surface area (Å²) in [5.74, 6) is 1.15. The van der Waals surface area contributed by atoms with Crippen molar-refractivity contribution in [2.45, 2.75) is 6.54 Å². The zero-order valence-corrected chi connectivity index (χ0v) is 16.6. The van der Waals surface area contributed by atoms with Crippen LogP contribution in [0.4, 0.5) is 5.13 Å². The van der Waals surface area contributed by atoms with Crippen LogP contribution in [0.2, 0.25) is 0 Å². The molecule has 0 atom stereocenters. The maximum absolute atomic E-state index is 6.12. The number of halogens is 1. The molecule has 0 bridgehead atoms. The van der Waals surface area contributed by atoms with Gasteiger partial charge in [0.05, 0.1) is 19.3 Å². The normalized spacial score (nSPS) is 15.1. The monoisotopic (exact) mass is 460 g/mol. The minimum absolute atomic E-state index is 0. The van der Waals surface area contributed by atoms with Crippen LogP contribution in [0.3, 0.4) is 0 Å². The number of piperazine rings is 1. The molecule has 24 heavy (non-hydrogen) atoms. The minimum atomic E-state index is 0. The highest BCUT2D eigenvalue weighted by molar-refractivity contribution is 14.0. The van der Waals surface area contributed by atoms with Gasteiger partial charge in [-0.1, -0.05) is 6.07 Å². The molecule has 2 N–H and O–H groups in total. The summed E-state index contributed by atoms with van der Waals surface area (Å²) in [5, 5.41) is 3.07. The van der Waals surface area contributed by atoms with Gasteiger partial charge in [-0.2, -0.15) is 0 Å². The number of methoxy groups -OCH3 is 1. The van der Waals surface area contributed by atoms with Crippen molar-refractivity contribution in [1.29, 1.82) is 0 Å². The number of ether oxygens (including phenoxy) is 1. The number of thiazole rings is 1. The van der Waals surface area contributed by atoms with E-state index in [0.29, 0.717) is 18.4 Å². The van der Waals surface area contributed by atoms with Gasteiger partial charge in [0, 0.05) is 43.8 Å². The molecule has 1 aliphatic rings. The van der Waals surface area contributed by atoms with E-state index in [2.05, 4.69) is 24.8 Å². The lowest BCUT2D eigenvalue weighted by molar-refractivity contribution is 0.380. The predicted octanol–water partition coefficient (Wildman–Crippen LogP) is 1.80. The number of pyridine rings is 1. The summed E-state index contributed by atoms with van der Waals surface area (Å²) < 4.78 is 5.11. The molecule has 3 heterocycles. The highest BCUT2D eigenvalue weighted by Gasteiger charge is 2.19. The highest BCUT2D eigenvalue weighted by atomic mass is 127. The molecule has 9 heteroatoms. The summed E-state index contributed by atoms with van der Waals surface area (Å²) in [6.07, 6.45) is 1.84. The molecule has 130 valence electrons. The van der Waals surface area contributed by atoms with E-state index >= 15 is 0 Å². The summed E-state index contributed by atoms with van der Waals surface area (Å²) in [6, 6.07) is 5.63. The molecule has 0 aromatic carbocycles. The van der Waals surface area contributed by atoms with Gasteiger partial charge in [0.1, 0.15) is 0 Å². The van der Waals surface area contributed by atoms with Gasteiger partial charge < -0.3 is 20.3 Å². The highest BCUT2D eigenvalue weighted by Crippen LogP contribution is 2.18. The third-order valence-electron chi connectivity index (χ3n) is 3.69. The molecular formula is C15H21IN6OS. The molecule has 0 amide bonds. The van der Waals surface area contributed by atoms with E-state index in [4.69, 9.17) is 10.5 Å². The summed E-state index contributed by atoms with van der Waals surface area (Å²) in [5.41, 5.74) is 6.96. The van der Waals surface area contributed by atoms with Crippen LogP contribution in [0.5, 0.6) is 5.88 Å². The van der Waals surface area contributed by atoms with E-state index in [1.807, 2.05) is 29.8 Å². The quantitative estimate of drug-likeness (QED) is 0.426. The molecule has 1 aliphatic heterocycles. The summed E-state index contributed by atoms with van der Waals surface area (Å²) in [7, 11) is 1.60. The van der Waals surface area contributed by atoms with E-state index in [-0.39, 0.29) is 24.0 Å². The van der Waals surface area contributed by atoms with Gasteiger partial charge in [-0.3, -0.25) is 0 Å². The number of nitrogens with two attached hydrogens (primary N) is 1. The first-order valence-electron chi connectivity index (χ1n) is 7.45. The van der Waals surface area contributed by atoms with Crippen LogP contribution in [0.1, 0.15) is 5.69 Å². The molecule has 2 aromatic rings. The fourth-order valence-electron chi connectivity index (χ4n) is 2.42. The standard InChI is InChI=1S/C15H20N6OS.HI/c1-22-13-4-2-3-12(19-13)11-18-14(16)20-6-8-21(9-7-20)15-17-5-10-23-15;/h2-5,10H,6-9,11H2,1H3,(H2,16,18);1H. The third kappa shape index (κ3) is 4.69. The molecule has 0 saturated carbocycles. The van der Waals surface area contributed by atoms with Crippen LogP contribution in [0, 0.1) is 0 Å². The van der Waals surface area contributed by atoms with E-state index in [1.54, 1.807) is 18.4 Å². The van der Waals surface area contributed by atoms with Crippen molar-refractivity contribution in [2.24, 2.45) is 10.7 Å². The topological polar surface area (TPSA) is 79.9 Å². The van der Waals surface area contributed by atoms with Crippen molar-refractivity contribution in [3.63, 3.8) is 0 Å². The van der Waals surface area contributed by atoms with Crippen LogP contribution in [-0.2, 0) is 6.54 Å². The Hall–Kier alpha value is -1.62. The smallest absolute Gasteiger partial charge is 0.213 e. The molecule has 3 rings (SSSR count). The molecule has 7 nitrogen and oxygen atoms in total. The van der Waals surface area contributed by atoms with Crippen LogP contribution in [-0.4, -0.2) is 54.1 Å². The molecule has 1 saturated heterocycles. The lowest BCUT2D eigenvalue weighted by atomic mass is 10.3. The van der Waals surface area contributed by atoms with Crippen LogP contribution >= 0.6 is 35.3 Å². The molecule has 0 aliphatic carbocycles. The summed E-state index contributed by atoms with van der Waals surface area (Å²) >= 11 is 1.66. The molecule has 0 unspecified atom stereocenters. The number of aliphatic imine (C=N–C) groups is 1. The maximum atomic E-state index is 6.12. The van der Waals surface area contributed by atoms with Crippen molar-refractivity contribution in [1.82, 2.24) is 14.9 Å². The Morgan fingerprint density at radius 1 is 1.33 bits per heavy atom.